The molecule has 0 saturated heterocycles. The molecule has 0 unspecified atom stereocenters. The van der Waals surface area contributed by atoms with Gasteiger partial charge in [0.05, 0.1) is 0 Å². The van der Waals surface area contributed by atoms with Crippen LogP contribution >= 0.6 is 0 Å². The third-order valence-corrected chi connectivity index (χ3v) is 2.69. The summed E-state index contributed by atoms with van der Waals surface area (Å²) >= 11 is 0. The summed E-state index contributed by atoms with van der Waals surface area (Å²) in [7, 11) is 0. The number of hydrogen-bond acceptors (Lipinski definition) is 0. The predicted molar refractivity (Wildman–Crippen MR) is 47.9 cm³/mol. The molecule has 0 fully saturated rings. The molecule has 0 spiro atoms. The minimum atomic E-state index is 1.29. The summed E-state index contributed by atoms with van der Waals surface area (Å²) < 4.78 is 0. The zero-order valence-corrected chi connectivity index (χ0v) is 7.28. The van der Waals surface area contributed by atoms with Crippen LogP contribution in [0, 0.1) is 13.8 Å². The first-order valence-corrected chi connectivity index (χ1v) is 4.36. The van der Waals surface area contributed by atoms with Crippen LogP contribution in [0.5, 0.6) is 0 Å². The van der Waals surface area contributed by atoms with Gasteiger partial charge in [-0.3, -0.25) is 0 Å². The molecule has 1 aliphatic rings. The molecule has 0 aromatic heterocycles. The molecule has 0 aliphatic heterocycles. The molecule has 0 heterocycles. The second-order valence-electron chi connectivity index (χ2n) is 3.56. The Balaban J connectivity index is 2.61. The van der Waals surface area contributed by atoms with E-state index in [1.165, 1.54) is 30.4 Å². The summed E-state index contributed by atoms with van der Waals surface area (Å²) in [6, 6.07) is 4.71. The maximum atomic E-state index is 2.38. The van der Waals surface area contributed by atoms with E-state index in [1.807, 2.05) is 0 Å². The molecule has 1 aromatic carbocycles. The first kappa shape index (κ1) is 6.90. The molecule has 0 atom stereocenters. The van der Waals surface area contributed by atoms with Gasteiger partial charge in [0.1, 0.15) is 0 Å². The van der Waals surface area contributed by atoms with Crippen molar-refractivity contribution in [2.24, 2.45) is 0 Å². The SMILES string of the molecule is Cc1cc(C)c2cc1CCC2. The lowest BCUT2D eigenvalue weighted by molar-refractivity contribution is 0.777. The van der Waals surface area contributed by atoms with E-state index in [-0.39, 0.29) is 0 Å². The van der Waals surface area contributed by atoms with Crippen LogP contribution in [0.3, 0.4) is 0 Å². The molecule has 1 aliphatic carbocycles. The van der Waals surface area contributed by atoms with Crippen molar-refractivity contribution in [3.05, 3.63) is 34.4 Å². The van der Waals surface area contributed by atoms with Crippen molar-refractivity contribution < 1.29 is 0 Å². The lowest BCUT2D eigenvalue weighted by Gasteiger charge is -2.17. The number of benzene rings is 1. The third kappa shape index (κ3) is 1.07. The minimum absolute atomic E-state index is 1.29. The van der Waals surface area contributed by atoms with Gasteiger partial charge in [0.15, 0.2) is 0 Å². The Kier molecular flexibility index (Phi) is 1.49. The third-order valence-electron chi connectivity index (χ3n) is 2.69. The Bertz CT molecular complexity index is 259. The molecule has 0 nitrogen and oxygen atoms in total. The van der Waals surface area contributed by atoms with Crippen LogP contribution in [0.15, 0.2) is 12.1 Å². The largest absolute Gasteiger partial charge is 0.0558 e. The van der Waals surface area contributed by atoms with E-state index in [0.717, 1.165) is 0 Å². The monoisotopic (exact) mass is 146 g/mol. The molecule has 11 heavy (non-hydrogen) atoms. The van der Waals surface area contributed by atoms with Crippen LogP contribution in [0.25, 0.3) is 0 Å². The fourth-order valence-electron chi connectivity index (χ4n) is 1.96. The molecular formula is C11H14. The zero-order valence-electron chi connectivity index (χ0n) is 7.28. The van der Waals surface area contributed by atoms with Crippen LogP contribution in [0.2, 0.25) is 0 Å². The van der Waals surface area contributed by atoms with Crippen LogP contribution < -0.4 is 0 Å². The van der Waals surface area contributed by atoms with Gasteiger partial charge in [-0.2, -0.15) is 0 Å². The molecule has 0 N–H and O–H groups in total. The second-order valence-corrected chi connectivity index (χ2v) is 3.56. The van der Waals surface area contributed by atoms with Gasteiger partial charge in [-0.05, 0) is 55.4 Å². The van der Waals surface area contributed by atoms with E-state index < -0.39 is 0 Å². The molecule has 0 amide bonds. The van der Waals surface area contributed by atoms with E-state index in [9.17, 15) is 0 Å². The smallest absolute Gasteiger partial charge is 0.0273 e. The van der Waals surface area contributed by atoms with Crippen LogP contribution in [0.1, 0.15) is 28.7 Å². The lowest BCUT2D eigenvalue weighted by atomic mass is 9.89. The fourth-order valence-corrected chi connectivity index (χ4v) is 1.96. The quantitative estimate of drug-likeness (QED) is 0.528. The van der Waals surface area contributed by atoms with Gasteiger partial charge in [-0.25, -0.2) is 0 Å². The number of fused-ring (bicyclic) bond motifs is 2. The van der Waals surface area contributed by atoms with Gasteiger partial charge in [-0.15, -0.1) is 0 Å². The summed E-state index contributed by atoms with van der Waals surface area (Å²) in [4.78, 5) is 0. The molecule has 1 aromatic rings. The predicted octanol–water partition coefficient (Wildman–Crippen LogP) is 2.79. The molecule has 2 rings (SSSR count). The molecule has 2 bridgehead atoms. The lowest BCUT2D eigenvalue weighted by Crippen LogP contribution is -2.03. The Morgan fingerprint density at radius 3 is 2.00 bits per heavy atom. The zero-order chi connectivity index (χ0) is 7.84. The summed E-state index contributed by atoms with van der Waals surface area (Å²) in [6.45, 7) is 4.44. The number of rotatable bonds is 0. The van der Waals surface area contributed by atoms with Crippen molar-refractivity contribution in [1.29, 1.82) is 0 Å². The topological polar surface area (TPSA) is 0 Å². The molecular weight excluding hydrogens is 132 g/mol. The number of hydrogen-bond donors (Lipinski definition) is 0. The Hall–Kier alpha value is -0.780. The highest BCUT2D eigenvalue weighted by Gasteiger charge is 2.09. The Labute approximate surface area is 68.3 Å². The standard InChI is InChI=1S/C11H14/c1-8-6-9(2)11-5-3-4-10(8)7-11/h6-7H,3-5H2,1-2H3. The van der Waals surface area contributed by atoms with E-state index in [0.29, 0.717) is 0 Å². The van der Waals surface area contributed by atoms with Gasteiger partial charge in [0.25, 0.3) is 0 Å². The van der Waals surface area contributed by atoms with Gasteiger partial charge < -0.3 is 0 Å². The highest BCUT2D eigenvalue weighted by Crippen LogP contribution is 2.23. The van der Waals surface area contributed by atoms with Gasteiger partial charge >= 0.3 is 0 Å². The maximum Gasteiger partial charge on any atom is -0.0273 e. The summed E-state index contributed by atoms with van der Waals surface area (Å²) in [5.74, 6) is 0. The van der Waals surface area contributed by atoms with Crippen LogP contribution in [-0.4, -0.2) is 0 Å². The average Bonchev–Trinajstić information content (AvgIpc) is 2.02. The van der Waals surface area contributed by atoms with Gasteiger partial charge in [0, 0.05) is 0 Å². The van der Waals surface area contributed by atoms with E-state index >= 15 is 0 Å². The molecule has 58 valence electrons. The summed E-state index contributed by atoms with van der Waals surface area (Å²) in [5, 5.41) is 0. The minimum Gasteiger partial charge on any atom is -0.0558 e. The first-order chi connectivity index (χ1) is 5.27. The summed E-state index contributed by atoms with van der Waals surface area (Å²) in [6.07, 6.45) is 3.93. The van der Waals surface area contributed by atoms with E-state index in [2.05, 4.69) is 26.0 Å². The average molecular weight is 146 g/mol. The van der Waals surface area contributed by atoms with Gasteiger partial charge in [0.2, 0.25) is 0 Å². The van der Waals surface area contributed by atoms with E-state index in [4.69, 9.17) is 0 Å². The van der Waals surface area contributed by atoms with Gasteiger partial charge in [-0.1, -0.05) is 12.1 Å². The first-order valence-electron chi connectivity index (χ1n) is 4.36. The van der Waals surface area contributed by atoms with Crippen molar-refractivity contribution in [3.63, 3.8) is 0 Å². The Morgan fingerprint density at radius 2 is 1.45 bits per heavy atom. The summed E-state index contributed by atoms with van der Waals surface area (Å²) in [5.41, 5.74) is 6.09. The highest BCUT2D eigenvalue weighted by atomic mass is 14.1. The fraction of sp³-hybridized carbons (Fsp3) is 0.455. The van der Waals surface area contributed by atoms with Crippen molar-refractivity contribution in [1.82, 2.24) is 0 Å². The maximum absolute atomic E-state index is 2.38. The normalized spacial score (nSPS) is 15.1. The van der Waals surface area contributed by atoms with Crippen LogP contribution in [-0.2, 0) is 12.8 Å². The molecule has 0 radical (unpaired) electrons. The molecule has 0 saturated carbocycles. The highest BCUT2D eigenvalue weighted by molar-refractivity contribution is 5.39. The van der Waals surface area contributed by atoms with Crippen molar-refractivity contribution >= 4 is 0 Å². The molecule has 0 heteroatoms. The van der Waals surface area contributed by atoms with Crippen molar-refractivity contribution in [3.8, 4) is 0 Å². The van der Waals surface area contributed by atoms with E-state index in [1.54, 1.807) is 11.1 Å². The van der Waals surface area contributed by atoms with Crippen molar-refractivity contribution in [2.45, 2.75) is 33.1 Å². The van der Waals surface area contributed by atoms with Crippen molar-refractivity contribution in [2.75, 3.05) is 0 Å². The second kappa shape index (κ2) is 2.37. The number of aryl methyl sites for hydroxylation is 4. The Morgan fingerprint density at radius 1 is 0.909 bits per heavy atom. The van der Waals surface area contributed by atoms with Crippen LogP contribution in [0.4, 0.5) is 0 Å².